The van der Waals surface area contributed by atoms with Crippen LogP contribution < -0.4 is 5.73 Å². The van der Waals surface area contributed by atoms with Crippen molar-refractivity contribution in [3.05, 3.63) is 34.7 Å². The maximum atomic E-state index is 5.64. The summed E-state index contributed by atoms with van der Waals surface area (Å²) in [5, 5.41) is 1.12. The van der Waals surface area contributed by atoms with Gasteiger partial charge < -0.3 is 15.0 Å². The van der Waals surface area contributed by atoms with Crippen LogP contribution in [0, 0.1) is 0 Å². The van der Waals surface area contributed by atoms with Crippen molar-refractivity contribution in [3.8, 4) is 0 Å². The van der Waals surface area contributed by atoms with Crippen molar-refractivity contribution in [2.75, 3.05) is 13.2 Å². The number of benzene rings is 1. The molecule has 0 atom stereocenters. The number of hydrogen-bond acceptors (Lipinski definition) is 4. The molecule has 0 aliphatic carbocycles. The molecule has 0 bridgehead atoms. The third kappa shape index (κ3) is 3.39. The van der Waals surface area contributed by atoms with Crippen LogP contribution >= 0.6 is 15.9 Å². The Morgan fingerprint density at radius 2 is 2.13 bits per heavy atom. The number of ether oxygens (including phenoxy) is 1. The first-order valence-corrected chi connectivity index (χ1v) is 8.75. The molecule has 2 aromatic heterocycles. The van der Waals surface area contributed by atoms with E-state index in [9.17, 15) is 0 Å². The Labute approximate surface area is 144 Å². The Kier molecular flexibility index (Phi) is 5.25. The lowest BCUT2D eigenvalue weighted by atomic mass is 10.2. The molecular weight excluding hydrogens is 356 g/mol. The molecule has 0 amide bonds. The number of fused-ring (bicyclic) bond motifs is 3. The highest BCUT2D eigenvalue weighted by Gasteiger charge is 2.14. The summed E-state index contributed by atoms with van der Waals surface area (Å²) < 4.78 is 8.88. The van der Waals surface area contributed by atoms with E-state index in [0.717, 1.165) is 51.6 Å². The Hall–Kier alpha value is -1.50. The van der Waals surface area contributed by atoms with E-state index in [-0.39, 0.29) is 0 Å². The Morgan fingerprint density at radius 3 is 2.91 bits per heavy atom. The van der Waals surface area contributed by atoms with Gasteiger partial charge in [0.25, 0.3) is 0 Å². The van der Waals surface area contributed by atoms with E-state index in [2.05, 4.69) is 31.5 Å². The molecule has 0 spiro atoms. The SMILES string of the molecule is CCOCc1nc2cnc3cc(Br)ccc3c2n1CCCCN. The van der Waals surface area contributed by atoms with Crippen molar-refractivity contribution in [1.82, 2.24) is 14.5 Å². The molecule has 1 aromatic carbocycles. The molecule has 0 radical (unpaired) electrons. The first-order chi connectivity index (χ1) is 11.2. The molecule has 0 fully saturated rings. The van der Waals surface area contributed by atoms with Crippen molar-refractivity contribution in [2.24, 2.45) is 5.73 Å². The lowest BCUT2D eigenvalue weighted by Gasteiger charge is -2.10. The number of rotatable bonds is 7. The Balaban J connectivity index is 2.14. The summed E-state index contributed by atoms with van der Waals surface area (Å²) in [4.78, 5) is 9.27. The van der Waals surface area contributed by atoms with Gasteiger partial charge in [0.2, 0.25) is 0 Å². The first kappa shape index (κ1) is 16.4. The van der Waals surface area contributed by atoms with E-state index in [1.54, 1.807) is 0 Å². The number of imidazole rings is 1. The van der Waals surface area contributed by atoms with E-state index < -0.39 is 0 Å². The van der Waals surface area contributed by atoms with E-state index in [4.69, 9.17) is 15.5 Å². The van der Waals surface area contributed by atoms with Crippen molar-refractivity contribution in [3.63, 3.8) is 0 Å². The van der Waals surface area contributed by atoms with Crippen LogP contribution in [0.25, 0.3) is 21.9 Å². The fourth-order valence-electron chi connectivity index (χ4n) is 2.79. The van der Waals surface area contributed by atoms with Gasteiger partial charge in [0.05, 0.1) is 17.2 Å². The van der Waals surface area contributed by atoms with Crippen molar-refractivity contribution in [2.45, 2.75) is 32.9 Å². The summed E-state index contributed by atoms with van der Waals surface area (Å²) in [5.74, 6) is 0.955. The van der Waals surface area contributed by atoms with E-state index in [1.807, 2.05) is 25.3 Å². The van der Waals surface area contributed by atoms with E-state index in [1.165, 1.54) is 0 Å². The number of aryl methyl sites for hydroxylation is 1. The van der Waals surface area contributed by atoms with Gasteiger partial charge >= 0.3 is 0 Å². The third-order valence-electron chi connectivity index (χ3n) is 3.89. The summed E-state index contributed by atoms with van der Waals surface area (Å²) in [6.07, 6.45) is 3.88. The number of hydrogen-bond donors (Lipinski definition) is 1. The summed E-state index contributed by atoms with van der Waals surface area (Å²) in [6, 6.07) is 6.18. The Bertz CT molecular complexity index is 815. The minimum atomic E-state index is 0.520. The molecule has 0 aliphatic heterocycles. The zero-order chi connectivity index (χ0) is 16.2. The van der Waals surface area contributed by atoms with Gasteiger partial charge in [0.15, 0.2) is 0 Å². The molecule has 0 saturated heterocycles. The Morgan fingerprint density at radius 1 is 1.26 bits per heavy atom. The predicted octanol–water partition coefficient (Wildman–Crippen LogP) is 3.62. The molecule has 3 rings (SSSR count). The monoisotopic (exact) mass is 376 g/mol. The van der Waals surface area contributed by atoms with Gasteiger partial charge in [-0.05, 0) is 44.5 Å². The number of nitrogens with two attached hydrogens (primary N) is 1. The van der Waals surface area contributed by atoms with Gasteiger partial charge in [-0.3, -0.25) is 4.98 Å². The largest absolute Gasteiger partial charge is 0.374 e. The third-order valence-corrected chi connectivity index (χ3v) is 4.38. The van der Waals surface area contributed by atoms with E-state index in [0.29, 0.717) is 19.8 Å². The second kappa shape index (κ2) is 7.38. The maximum Gasteiger partial charge on any atom is 0.136 e. The first-order valence-electron chi connectivity index (χ1n) is 7.95. The van der Waals surface area contributed by atoms with Crippen LogP contribution in [0.2, 0.25) is 0 Å². The predicted molar refractivity (Wildman–Crippen MR) is 96.4 cm³/mol. The van der Waals surface area contributed by atoms with Gasteiger partial charge in [-0.15, -0.1) is 0 Å². The number of halogens is 1. The van der Waals surface area contributed by atoms with Crippen LogP contribution in [0.4, 0.5) is 0 Å². The summed E-state index contributed by atoms with van der Waals surface area (Å²) >= 11 is 3.51. The number of nitrogens with zero attached hydrogens (tertiary/aromatic N) is 3. The van der Waals surface area contributed by atoms with Crippen LogP contribution in [-0.2, 0) is 17.9 Å². The smallest absolute Gasteiger partial charge is 0.136 e. The average molecular weight is 377 g/mol. The van der Waals surface area contributed by atoms with E-state index >= 15 is 0 Å². The fraction of sp³-hybridized carbons (Fsp3) is 0.412. The molecule has 0 unspecified atom stereocenters. The highest BCUT2D eigenvalue weighted by atomic mass is 79.9. The minimum absolute atomic E-state index is 0.520. The lowest BCUT2D eigenvalue weighted by Crippen LogP contribution is -2.08. The molecule has 0 saturated carbocycles. The highest BCUT2D eigenvalue weighted by molar-refractivity contribution is 9.10. The summed E-state index contributed by atoms with van der Waals surface area (Å²) in [6.45, 7) is 4.80. The topological polar surface area (TPSA) is 66.0 Å². The quantitative estimate of drug-likeness (QED) is 0.639. The maximum absolute atomic E-state index is 5.64. The van der Waals surface area contributed by atoms with Gasteiger partial charge in [0.1, 0.15) is 17.9 Å². The van der Waals surface area contributed by atoms with Crippen LogP contribution in [-0.4, -0.2) is 27.7 Å². The molecule has 5 nitrogen and oxygen atoms in total. The summed E-state index contributed by atoms with van der Waals surface area (Å²) in [7, 11) is 0. The zero-order valence-corrected chi connectivity index (χ0v) is 14.8. The second-order valence-electron chi connectivity index (χ2n) is 5.47. The lowest BCUT2D eigenvalue weighted by molar-refractivity contribution is 0.126. The van der Waals surface area contributed by atoms with Gasteiger partial charge in [-0.1, -0.05) is 15.9 Å². The number of pyridine rings is 1. The average Bonchev–Trinajstić information content (AvgIpc) is 2.91. The fourth-order valence-corrected chi connectivity index (χ4v) is 3.14. The van der Waals surface area contributed by atoms with Crippen LogP contribution in [0.5, 0.6) is 0 Å². The molecule has 2 N–H and O–H groups in total. The zero-order valence-electron chi connectivity index (χ0n) is 13.3. The van der Waals surface area contributed by atoms with Crippen molar-refractivity contribution in [1.29, 1.82) is 0 Å². The minimum Gasteiger partial charge on any atom is -0.374 e. The normalized spacial score (nSPS) is 11.6. The van der Waals surface area contributed by atoms with Crippen LogP contribution in [0.3, 0.4) is 0 Å². The summed E-state index contributed by atoms with van der Waals surface area (Å²) in [5.41, 5.74) is 8.66. The molecular formula is C17H21BrN4O. The molecule has 3 aromatic rings. The van der Waals surface area contributed by atoms with Crippen LogP contribution in [0.1, 0.15) is 25.6 Å². The van der Waals surface area contributed by atoms with Gasteiger partial charge in [0, 0.05) is 23.0 Å². The molecule has 122 valence electrons. The standard InChI is InChI=1S/C17H21BrN4O/c1-2-23-11-16-21-15-10-20-14-9-12(18)5-6-13(14)17(15)22(16)8-4-3-7-19/h5-6,9-10H,2-4,7-8,11,19H2,1H3. The molecule has 6 heteroatoms. The van der Waals surface area contributed by atoms with Crippen molar-refractivity contribution >= 4 is 37.9 Å². The highest BCUT2D eigenvalue weighted by Crippen LogP contribution is 2.27. The number of aromatic nitrogens is 3. The molecule has 23 heavy (non-hydrogen) atoms. The number of unbranched alkanes of at least 4 members (excludes halogenated alkanes) is 1. The molecule has 0 aliphatic rings. The molecule has 2 heterocycles. The van der Waals surface area contributed by atoms with Gasteiger partial charge in [-0.25, -0.2) is 4.98 Å². The second-order valence-corrected chi connectivity index (χ2v) is 6.38. The van der Waals surface area contributed by atoms with Crippen molar-refractivity contribution < 1.29 is 4.74 Å². The van der Waals surface area contributed by atoms with Crippen LogP contribution in [0.15, 0.2) is 28.9 Å². The van der Waals surface area contributed by atoms with Gasteiger partial charge in [-0.2, -0.15) is 0 Å².